The van der Waals surface area contributed by atoms with E-state index in [1.54, 1.807) is 6.33 Å². The molecule has 1 amide bonds. The molecular weight excluding hydrogens is 326 g/mol. The highest BCUT2D eigenvalue weighted by atomic mass is 16.2. The van der Waals surface area contributed by atoms with Crippen LogP contribution in [0.4, 0.5) is 17.3 Å². The van der Waals surface area contributed by atoms with Crippen LogP contribution in [0.1, 0.15) is 37.7 Å². The summed E-state index contributed by atoms with van der Waals surface area (Å²) in [7, 11) is 0. The van der Waals surface area contributed by atoms with E-state index in [9.17, 15) is 4.79 Å². The first-order valence-electron chi connectivity index (χ1n) is 9.50. The van der Waals surface area contributed by atoms with Crippen LogP contribution in [-0.4, -0.2) is 35.5 Å². The second-order valence-electron chi connectivity index (χ2n) is 6.98. The van der Waals surface area contributed by atoms with Gasteiger partial charge in [-0.05, 0) is 43.4 Å². The summed E-state index contributed by atoms with van der Waals surface area (Å²) in [5.74, 6) is 2.08. The number of nitrogens with zero attached hydrogens (tertiary/aromatic N) is 4. The maximum absolute atomic E-state index is 12.0. The lowest BCUT2D eigenvalue weighted by molar-refractivity contribution is -0.119. The van der Waals surface area contributed by atoms with Crippen molar-refractivity contribution in [2.24, 2.45) is 0 Å². The van der Waals surface area contributed by atoms with Crippen molar-refractivity contribution >= 4 is 23.2 Å². The zero-order valence-corrected chi connectivity index (χ0v) is 15.0. The van der Waals surface area contributed by atoms with Crippen molar-refractivity contribution in [2.45, 2.75) is 38.6 Å². The first-order chi connectivity index (χ1) is 12.8. The number of benzene rings is 1. The van der Waals surface area contributed by atoms with Gasteiger partial charge in [-0.3, -0.25) is 4.79 Å². The van der Waals surface area contributed by atoms with Crippen molar-refractivity contribution in [3.05, 3.63) is 42.2 Å². The summed E-state index contributed by atoms with van der Waals surface area (Å²) in [6, 6.07) is 10.2. The van der Waals surface area contributed by atoms with E-state index in [2.05, 4.69) is 32.3 Å². The van der Waals surface area contributed by atoms with Crippen LogP contribution in [0.2, 0.25) is 0 Å². The number of nitrogens with one attached hydrogen (secondary N) is 1. The minimum atomic E-state index is 0.234. The fraction of sp³-hybridized carbons (Fsp3) is 0.450. The van der Waals surface area contributed by atoms with Gasteiger partial charge in [0.15, 0.2) is 0 Å². The lowest BCUT2D eigenvalue weighted by Crippen LogP contribution is -2.35. The van der Waals surface area contributed by atoms with Crippen molar-refractivity contribution in [3.8, 4) is 0 Å². The van der Waals surface area contributed by atoms with Gasteiger partial charge >= 0.3 is 0 Å². The van der Waals surface area contributed by atoms with Crippen LogP contribution in [0.25, 0.3) is 0 Å². The maximum atomic E-state index is 12.0. The Bertz CT molecular complexity index is 755. The summed E-state index contributed by atoms with van der Waals surface area (Å²) >= 11 is 0. The molecule has 0 unspecified atom stereocenters. The van der Waals surface area contributed by atoms with Gasteiger partial charge in [0.25, 0.3) is 0 Å². The highest BCUT2D eigenvalue weighted by Crippen LogP contribution is 2.22. The molecule has 6 heteroatoms. The number of anilines is 3. The van der Waals surface area contributed by atoms with Crippen LogP contribution in [0.15, 0.2) is 36.7 Å². The minimum absolute atomic E-state index is 0.234. The van der Waals surface area contributed by atoms with E-state index in [4.69, 9.17) is 0 Å². The molecule has 0 atom stereocenters. The third-order valence-electron chi connectivity index (χ3n) is 5.13. The number of carbonyl (C=O) groups excluding carboxylic acids is 1. The quantitative estimate of drug-likeness (QED) is 0.896. The molecule has 0 saturated carbocycles. The number of hydrogen-bond acceptors (Lipinski definition) is 5. The molecule has 2 aliphatic heterocycles. The van der Waals surface area contributed by atoms with Gasteiger partial charge < -0.3 is 15.1 Å². The Balaban J connectivity index is 1.37. The molecule has 26 heavy (non-hydrogen) atoms. The molecule has 3 heterocycles. The largest absolute Gasteiger partial charge is 0.366 e. The average molecular weight is 351 g/mol. The molecule has 0 aliphatic carbocycles. The SMILES string of the molecule is O=C1CCCCN1c1ccc(CNc2cc(N3CCCC3)ncn2)cc1. The molecule has 0 spiro atoms. The van der Waals surface area contributed by atoms with Crippen molar-refractivity contribution in [3.63, 3.8) is 0 Å². The van der Waals surface area contributed by atoms with Gasteiger partial charge in [0.2, 0.25) is 5.91 Å². The van der Waals surface area contributed by atoms with Crippen molar-refractivity contribution in [2.75, 3.05) is 34.8 Å². The number of aromatic nitrogens is 2. The summed E-state index contributed by atoms with van der Waals surface area (Å²) in [6.07, 6.45) is 6.85. The van der Waals surface area contributed by atoms with Gasteiger partial charge in [0.05, 0.1) is 0 Å². The molecule has 2 aliphatic rings. The lowest BCUT2D eigenvalue weighted by Gasteiger charge is -2.26. The zero-order chi connectivity index (χ0) is 17.8. The van der Waals surface area contributed by atoms with Crippen LogP contribution in [-0.2, 0) is 11.3 Å². The lowest BCUT2D eigenvalue weighted by atomic mass is 10.1. The van der Waals surface area contributed by atoms with Gasteiger partial charge in [0, 0.05) is 44.4 Å². The zero-order valence-electron chi connectivity index (χ0n) is 15.0. The van der Waals surface area contributed by atoms with Crippen LogP contribution in [0, 0.1) is 0 Å². The average Bonchev–Trinajstić information content (AvgIpc) is 3.22. The number of rotatable bonds is 5. The van der Waals surface area contributed by atoms with Crippen LogP contribution in [0.3, 0.4) is 0 Å². The predicted molar refractivity (Wildman–Crippen MR) is 103 cm³/mol. The van der Waals surface area contributed by atoms with E-state index >= 15 is 0 Å². The third kappa shape index (κ3) is 3.79. The van der Waals surface area contributed by atoms with E-state index in [0.29, 0.717) is 13.0 Å². The molecule has 4 rings (SSSR count). The highest BCUT2D eigenvalue weighted by molar-refractivity contribution is 5.93. The van der Waals surface area contributed by atoms with E-state index in [1.165, 1.54) is 18.4 Å². The molecule has 0 bridgehead atoms. The molecule has 1 N–H and O–H groups in total. The first kappa shape index (κ1) is 16.8. The van der Waals surface area contributed by atoms with Gasteiger partial charge in [-0.2, -0.15) is 0 Å². The van der Waals surface area contributed by atoms with Gasteiger partial charge in [0.1, 0.15) is 18.0 Å². The Labute approximate surface area is 154 Å². The summed E-state index contributed by atoms with van der Waals surface area (Å²) in [4.78, 5) is 24.9. The molecule has 1 aromatic carbocycles. The molecule has 136 valence electrons. The highest BCUT2D eigenvalue weighted by Gasteiger charge is 2.19. The van der Waals surface area contributed by atoms with E-state index in [-0.39, 0.29) is 5.91 Å². The predicted octanol–water partition coefficient (Wildman–Crippen LogP) is 3.21. The summed E-state index contributed by atoms with van der Waals surface area (Å²) < 4.78 is 0. The Kier molecular flexibility index (Phi) is 5.00. The normalized spacial score (nSPS) is 17.6. The van der Waals surface area contributed by atoms with Crippen molar-refractivity contribution in [1.29, 1.82) is 0 Å². The molecule has 1 aromatic heterocycles. The molecule has 2 aromatic rings. The fourth-order valence-electron chi connectivity index (χ4n) is 3.63. The number of hydrogen-bond donors (Lipinski definition) is 1. The Hall–Kier alpha value is -2.63. The minimum Gasteiger partial charge on any atom is -0.366 e. The van der Waals surface area contributed by atoms with E-state index in [1.807, 2.05) is 23.1 Å². The Morgan fingerprint density at radius 1 is 0.962 bits per heavy atom. The van der Waals surface area contributed by atoms with Crippen molar-refractivity contribution in [1.82, 2.24) is 9.97 Å². The van der Waals surface area contributed by atoms with Gasteiger partial charge in [-0.15, -0.1) is 0 Å². The number of carbonyl (C=O) groups is 1. The van der Waals surface area contributed by atoms with Crippen LogP contribution >= 0.6 is 0 Å². The monoisotopic (exact) mass is 351 g/mol. The number of piperidine rings is 1. The van der Waals surface area contributed by atoms with Crippen LogP contribution < -0.4 is 15.1 Å². The second kappa shape index (κ2) is 7.72. The van der Waals surface area contributed by atoms with Gasteiger partial charge in [-0.1, -0.05) is 12.1 Å². The Morgan fingerprint density at radius 2 is 1.73 bits per heavy atom. The summed E-state index contributed by atoms with van der Waals surface area (Å²) in [5, 5.41) is 3.37. The molecule has 2 saturated heterocycles. The van der Waals surface area contributed by atoms with E-state index < -0.39 is 0 Å². The Morgan fingerprint density at radius 3 is 2.50 bits per heavy atom. The summed E-state index contributed by atoms with van der Waals surface area (Å²) in [5.41, 5.74) is 2.16. The van der Waals surface area contributed by atoms with Crippen LogP contribution in [0.5, 0.6) is 0 Å². The summed E-state index contributed by atoms with van der Waals surface area (Å²) in [6.45, 7) is 3.68. The molecule has 6 nitrogen and oxygen atoms in total. The standard InChI is InChI=1S/C20H25N5O/c26-20-5-1-2-12-25(20)17-8-6-16(7-9-17)14-21-18-13-19(23-15-22-18)24-10-3-4-11-24/h6-9,13,15H,1-5,10-12,14H2,(H,21,22,23). The second-order valence-corrected chi connectivity index (χ2v) is 6.98. The smallest absolute Gasteiger partial charge is 0.226 e. The molecule has 0 radical (unpaired) electrons. The topological polar surface area (TPSA) is 61.4 Å². The third-order valence-corrected chi connectivity index (χ3v) is 5.13. The van der Waals surface area contributed by atoms with E-state index in [0.717, 1.165) is 49.8 Å². The maximum Gasteiger partial charge on any atom is 0.226 e. The fourth-order valence-corrected chi connectivity index (χ4v) is 3.63. The van der Waals surface area contributed by atoms with Crippen molar-refractivity contribution < 1.29 is 4.79 Å². The van der Waals surface area contributed by atoms with Gasteiger partial charge in [-0.25, -0.2) is 9.97 Å². The molecular formula is C20H25N5O. The first-order valence-corrected chi connectivity index (χ1v) is 9.50. The number of amides is 1. The molecule has 2 fully saturated rings.